The number of nitrogens with zero attached hydrogens (tertiary/aromatic N) is 1. The summed E-state index contributed by atoms with van der Waals surface area (Å²) in [6.45, 7) is 1.40. The molecule has 0 saturated carbocycles. The average Bonchev–Trinajstić information content (AvgIpc) is 3.33. The van der Waals surface area contributed by atoms with E-state index in [-0.39, 0.29) is 12.4 Å². The molecule has 0 aromatic heterocycles. The lowest BCUT2D eigenvalue weighted by Crippen LogP contribution is -2.15. The first kappa shape index (κ1) is 17.2. The van der Waals surface area contributed by atoms with Crippen LogP contribution in [0.2, 0.25) is 0 Å². The van der Waals surface area contributed by atoms with Crippen molar-refractivity contribution in [3.05, 3.63) is 59.2 Å². The topological polar surface area (TPSA) is 49.3 Å². The van der Waals surface area contributed by atoms with Crippen LogP contribution in [0.1, 0.15) is 16.7 Å². The Kier molecular flexibility index (Phi) is 4.05. The van der Waals surface area contributed by atoms with Gasteiger partial charge in [-0.05, 0) is 52.6 Å². The summed E-state index contributed by atoms with van der Waals surface area (Å²) in [7, 11) is 0. The molecule has 0 radical (unpaired) electrons. The van der Waals surface area contributed by atoms with Crippen LogP contribution < -0.4 is 18.9 Å². The number of hydrogen-bond acceptors (Lipinski definition) is 5. The molecule has 0 fully saturated rings. The van der Waals surface area contributed by atoms with Crippen LogP contribution in [0, 0.1) is 0 Å². The predicted octanol–water partition coefficient (Wildman–Crippen LogP) is 4.31. The van der Waals surface area contributed by atoms with Gasteiger partial charge < -0.3 is 18.9 Å². The molecule has 0 aliphatic carbocycles. The first-order valence-electron chi connectivity index (χ1n) is 9.12. The monoisotopic (exact) mass is 395 g/mol. The Morgan fingerprint density at radius 1 is 0.750 bits per heavy atom. The Labute approximate surface area is 168 Å². The molecule has 3 heterocycles. The molecule has 0 amide bonds. The first-order chi connectivity index (χ1) is 13.3. The Morgan fingerprint density at radius 2 is 1.43 bits per heavy atom. The zero-order valence-corrected chi connectivity index (χ0v) is 15.9. The summed E-state index contributed by atoms with van der Waals surface area (Å²) >= 11 is 0. The van der Waals surface area contributed by atoms with Crippen molar-refractivity contribution in [2.24, 2.45) is 4.99 Å². The molecule has 0 saturated heterocycles. The average molecular weight is 396 g/mol. The molecular formula is C22H18ClNO4. The van der Waals surface area contributed by atoms with Crippen LogP contribution in [-0.2, 0) is 12.8 Å². The maximum absolute atomic E-state index is 5.56. The fourth-order valence-electron chi connectivity index (χ4n) is 4.00. The van der Waals surface area contributed by atoms with E-state index in [4.69, 9.17) is 23.9 Å². The van der Waals surface area contributed by atoms with Gasteiger partial charge >= 0.3 is 0 Å². The second kappa shape index (κ2) is 6.60. The summed E-state index contributed by atoms with van der Waals surface area (Å²) in [5.74, 6) is 3.29. The summed E-state index contributed by atoms with van der Waals surface area (Å²) in [5, 5.41) is 2.30. The summed E-state index contributed by atoms with van der Waals surface area (Å²) < 4.78 is 22.1. The number of ether oxygens (including phenoxy) is 4. The minimum atomic E-state index is 0. The van der Waals surface area contributed by atoms with E-state index < -0.39 is 0 Å². The number of rotatable bonds is 2. The van der Waals surface area contributed by atoms with Crippen LogP contribution in [0.4, 0.5) is 0 Å². The minimum Gasteiger partial charge on any atom is -0.454 e. The molecule has 3 aromatic carbocycles. The molecule has 28 heavy (non-hydrogen) atoms. The zero-order chi connectivity index (χ0) is 17.8. The second-order valence-electron chi connectivity index (χ2n) is 7.00. The highest BCUT2D eigenvalue weighted by Gasteiger charge is 2.22. The molecular weight excluding hydrogens is 378 g/mol. The van der Waals surface area contributed by atoms with E-state index in [1.54, 1.807) is 0 Å². The highest BCUT2D eigenvalue weighted by atomic mass is 35.5. The third-order valence-electron chi connectivity index (χ3n) is 5.36. The van der Waals surface area contributed by atoms with Crippen molar-refractivity contribution in [2.75, 3.05) is 20.1 Å². The highest BCUT2D eigenvalue weighted by molar-refractivity contribution is 6.04. The van der Waals surface area contributed by atoms with Crippen LogP contribution in [0.3, 0.4) is 0 Å². The third kappa shape index (κ3) is 2.74. The number of fused-ring (bicyclic) bond motifs is 4. The third-order valence-corrected chi connectivity index (χ3v) is 5.36. The van der Waals surface area contributed by atoms with E-state index in [0.29, 0.717) is 13.6 Å². The molecule has 3 aliphatic rings. The summed E-state index contributed by atoms with van der Waals surface area (Å²) in [5.41, 5.74) is 4.80. The van der Waals surface area contributed by atoms with Gasteiger partial charge in [0.05, 0.1) is 0 Å². The van der Waals surface area contributed by atoms with Gasteiger partial charge in [-0.3, -0.25) is 4.99 Å². The van der Waals surface area contributed by atoms with Crippen molar-refractivity contribution in [1.29, 1.82) is 0 Å². The van der Waals surface area contributed by atoms with E-state index in [0.717, 1.165) is 58.9 Å². The number of aliphatic imine (C=N–C) groups is 1. The molecule has 0 unspecified atom stereocenters. The van der Waals surface area contributed by atoms with Crippen LogP contribution in [0.15, 0.2) is 47.5 Å². The molecule has 0 N–H and O–H groups in total. The van der Waals surface area contributed by atoms with Crippen molar-refractivity contribution < 1.29 is 18.9 Å². The quantitative estimate of drug-likeness (QED) is 0.649. The normalized spacial score (nSPS) is 15.8. The Morgan fingerprint density at radius 3 is 2.21 bits per heavy atom. The van der Waals surface area contributed by atoms with Crippen LogP contribution >= 0.6 is 12.4 Å². The Bertz CT molecular complexity index is 1130. The van der Waals surface area contributed by atoms with Crippen LogP contribution in [0.5, 0.6) is 23.0 Å². The Hall–Kier alpha value is -2.92. The SMILES string of the molecule is Cl.c1cc2cc3c(cc2cc1CC1=NCCc2cc4c(cc21)OCO4)OCO3. The maximum atomic E-state index is 5.56. The van der Waals surface area contributed by atoms with E-state index >= 15 is 0 Å². The molecule has 5 nitrogen and oxygen atoms in total. The molecule has 142 valence electrons. The molecule has 3 aromatic rings. The summed E-state index contributed by atoms with van der Waals surface area (Å²) in [6.07, 6.45) is 1.73. The van der Waals surface area contributed by atoms with Gasteiger partial charge in [0.25, 0.3) is 0 Å². The van der Waals surface area contributed by atoms with Gasteiger partial charge in [-0.1, -0.05) is 18.2 Å². The van der Waals surface area contributed by atoms with E-state index in [1.807, 2.05) is 6.07 Å². The largest absolute Gasteiger partial charge is 0.454 e. The van der Waals surface area contributed by atoms with Crippen molar-refractivity contribution in [3.63, 3.8) is 0 Å². The molecule has 0 atom stereocenters. The summed E-state index contributed by atoms with van der Waals surface area (Å²) in [6, 6.07) is 14.8. The molecule has 6 heteroatoms. The Balaban J connectivity index is 0.00000171. The molecule has 0 spiro atoms. The second-order valence-corrected chi connectivity index (χ2v) is 7.00. The van der Waals surface area contributed by atoms with Crippen molar-refractivity contribution in [1.82, 2.24) is 0 Å². The first-order valence-corrected chi connectivity index (χ1v) is 9.12. The molecule has 0 bridgehead atoms. The fraction of sp³-hybridized carbons (Fsp3) is 0.227. The highest BCUT2D eigenvalue weighted by Crippen LogP contribution is 2.38. The number of halogens is 1. The predicted molar refractivity (Wildman–Crippen MR) is 109 cm³/mol. The smallest absolute Gasteiger partial charge is 0.231 e. The number of benzene rings is 3. The number of hydrogen-bond donors (Lipinski definition) is 0. The maximum Gasteiger partial charge on any atom is 0.231 e. The van der Waals surface area contributed by atoms with Crippen LogP contribution in [0.25, 0.3) is 10.8 Å². The molecule has 6 rings (SSSR count). The van der Waals surface area contributed by atoms with Crippen molar-refractivity contribution in [2.45, 2.75) is 12.8 Å². The van der Waals surface area contributed by atoms with Gasteiger partial charge in [0, 0.05) is 24.2 Å². The summed E-state index contributed by atoms with van der Waals surface area (Å²) in [4.78, 5) is 4.81. The van der Waals surface area contributed by atoms with E-state index in [9.17, 15) is 0 Å². The van der Waals surface area contributed by atoms with Gasteiger partial charge in [0.15, 0.2) is 23.0 Å². The van der Waals surface area contributed by atoms with Gasteiger partial charge in [0.2, 0.25) is 13.6 Å². The lowest BCUT2D eigenvalue weighted by atomic mass is 9.92. The molecule has 3 aliphatic heterocycles. The minimum absolute atomic E-state index is 0. The van der Waals surface area contributed by atoms with Gasteiger partial charge in [-0.15, -0.1) is 12.4 Å². The van der Waals surface area contributed by atoms with Crippen LogP contribution in [-0.4, -0.2) is 25.8 Å². The van der Waals surface area contributed by atoms with E-state index in [2.05, 4.69) is 36.4 Å². The van der Waals surface area contributed by atoms with Crippen molar-refractivity contribution in [3.8, 4) is 23.0 Å². The van der Waals surface area contributed by atoms with E-state index in [1.165, 1.54) is 16.7 Å². The van der Waals surface area contributed by atoms with Gasteiger partial charge in [0.1, 0.15) is 0 Å². The lowest BCUT2D eigenvalue weighted by molar-refractivity contribution is 0.173. The lowest BCUT2D eigenvalue weighted by Gasteiger charge is -2.18. The fourth-order valence-corrected chi connectivity index (χ4v) is 4.00. The van der Waals surface area contributed by atoms with Gasteiger partial charge in [-0.2, -0.15) is 0 Å². The zero-order valence-electron chi connectivity index (χ0n) is 15.1. The van der Waals surface area contributed by atoms with Crippen molar-refractivity contribution >= 4 is 28.9 Å². The standard InChI is InChI=1S/C22H17NO4.ClH/c1-2-14-7-19-21(26-11-24-19)9-16(14)5-13(1)6-18-17-10-22-20(25-12-27-22)8-15(17)3-4-23-18;/h1-2,5,7-10H,3-4,6,11-12H2;1H. The van der Waals surface area contributed by atoms with Gasteiger partial charge in [-0.25, -0.2) is 0 Å².